The summed E-state index contributed by atoms with van der Waals surface area (Å²) in [6, 6.07) is 4.83. The molecule has 78 valence electrons. The molecular weight excluding hydrogens is 183 g/mol. The van der Waals surface area contributed by atoms with Gasteiger partial charge in [-0.05, 0) is 31.5 Å². The Morgan fingerprint density at radius 3 is 2.57 bits per heavy atom. The van der Waals surface area contributed by atoms with Crippen LogP contribution in [-0.4, -0.2) is 13.2 Å². The number of halogens is 1. The molecule has 0 amide bonds. The predicted octanol–water partition coefficient (Wildman–Crippen LogP) is 2.76. The largest absolute Gasteiger partial charge is 0.494 e. The molecule has 0 aliphatic rings. The van der Waals surface area contributed by atoms with Gasteiger partial charge in [0.2, 0.25) is 0 Å². The van der Waals surface area contributed by atoms with Gasteiger partial charge in [-0.15, -0.1) is 0 Å². The van der Waals surface area contributed by atoms with Gasteiger partial charge in [0.25, 0.3) is 0 Å². The molecule has 14 heavy (non-hydrogen) atoms. The first-order valence-electron chi connectivity index (χ1n) is 4.57. The summed E-state index contributed by atoms with van der Waals surface area (Å²) in [6.45, 7) is 4.32. The maximum absolute atomic E-state index is 13.2. The van der Waals surface area contributed by atoms with Gasteiger partial charge in [0.1, 0.15) is 0 Å². The Balaban J connectivity index is 2.66. The molecule has 2 nitrogen and oxygen atoms in total. The van der Waals surface area contributed by atoms with Crippen molar-refractivity contribution in [1.82, 2.24) is 0 Å². The van der Waals surface area contributed by atoms with Gasteiger partial charge in [-0.3, -0.25) is 0 Å². The van der Waals surface area contributed by atoms with Crippen LogP contribution < -0.4 is 4.74 Å². The van der Waals surface area contributed by atoms with Gasteiger partial charge < -0.3 is 9.47 Å². The number of ether oxygens (including phenoxy) is 2. The Hall–Kier alpha value is -1.09. The molecule has 0 saturated heterocycles. The highest BCUT2D eigenvalue weighted by Crippen LogP contribution is 2.18. The minimum absolute atomic E-state index is 0.153. The van der Waals surface area contributed by atoms with Crippen molar-refractivity contribution >= 4 is 0 Å². The van der Waals surface area contributed by atoms with E-state index in [0.29, 0.717) is 6.61 Å². The number of rotatable bonds is 4. The van der Waals surface area contributed by atoms with Gasteiger partial charge in [-0.2, -0.15) is 0 Å². The third kappa shape index (κ3) is 3.00. The lowest BCUT2D eigenvalue weighted by Gasteiger charge is -2.08. The van der Waals surface area contributed by atoms with Gasteiger partial charge in [0.15, 0.2) is 11.6 Å². The fraction of sp³-hybridized carbons (Fsp3) is 0.455. The zero-order chi connectivity index (χ0) is 10.6. The molecule has 0 heterocycles. The maximum atomic E-state index is 13.2. The van der Waals surface area contributed by atoms with E-state index < -0.39 is 0 Å². The molecule has 0 aliphatic heterocycles. The van der Waals surface area contributed by atoms with E-state index in [2.05, 4.69) is 0 Å². The number of hydrogen-bond acceptors (Lipinski definition) is 2. The van der Waals surface area contributed by atoms with Crippen molar-refractivity contribution in [3.63, 3.8) is 0 Å². The Kier molecular flexibility index (Phi) is 3.89. The molecule has 1 aromatic rings. The second-order valence-electron chi connectivity index (χ2n) is 3.33. The molecule has 0 aliphatic carbocycles. The summed E-state index contributed by atoms with van der Waals surface area (Å²) in [5, 5.41) is 0. The lowest BCUT2D eigenvalue weighted by molar-refractivity contribution is 0.0655. The fourth-order valence-corrected chi connectivity index (χ4v) is 1.06. The van der Waals surface area contributed by atoms with E-state index in [9.17, 15) is 4.39 Å². The Bertz CT molecular complexity index is 297. The van der Waals surface area contributed by atoms with Crippen molar-refractivity contribution < 1.29 is 13.9 Å². The van der Waals surface area contributed by atoms with E-state index in [-0.39, 0.29) is 17.7 Å². The zero-order valence-electron chi connectivity index (χ0n) is 8.71. The molecule has 0 bridgehead atoms. The first kappa shape index (κ1) is 11.0. The van der Waals surface area contributed by atoms with Crippen LogP contribution in [0.1, 0.15) is 19.4 Å². The smallest absolute Gasteiger partial charge is 0.165 e. The molecule has 0 radical (unpaired) electrons. The molecule has 0 atom stereocenters. The molecule has 0 saturated carbocycles. The summed E-state index contributed by atoms with van der Waals surface area (Å²) in [7, 11) is 1.45. The van der Waals surface area contributed by atoms with E-state index in [1.807, 2.05) is 13.8 Å². The van der Waals surface area contributed by atoms with Crippen LogP contribution in [0.2, 0.25) is 0 Å². The number of methoxy groups -OCH3 is 1. The number of hydrogen-bond donors (Lipinski definition) is 0. The van der Waals surface area contributed by atoms with Crippen molar-refractivity contribution in [2.45, 2.75) is 26.6 Å². The summed E-state index contributed by atoms with van der Waals surface area (Å²) >= 11 is 0. The molecule has 1 rings (SSSR count). The summed E-state index contributed by atoms with van der Waals surface area (Å²) in [5.74, 6) is -0.0874. The lowest BCUT2D eigenvalue weighted by Crippen LogP contribution is -2.02. The molecule has 0 aromatic heterocycles. The summed E-state index contributed by atoms with van der Waals surface area (Å²) in [6.07, 6.45) is 0.153. The Morgan fingerprint density at radius 2 is 2.07 bits per heavy atom. The lowest BCUT2D eigenvalue weighted by atomic mass is 10.2. The van der Waals surface area contributed by atoms with Crippen LogP contribution in [-0.2, 0) is 11.3 Å². The molecule has 3 heteroatoms. The Labute approximate surface area is 83.6 Å². The normalized spacial score (nSPS) is 10.6. The first-order valence-corrected chi connectivity index (χ1v) is 4.57. The minimum Gasteiger partial charge on any atom is -0.494 e. The van der Waals surface area contributed by atoms with Crippen molar-refractivity contribution in [3.8, 4) is 5.75 Å². The average molecular weight is 198 g/mol. The Morgan fingerprint density at radius 1 is 1.36 bits per heavy atom. The van der Waals surface area contributed by atoms with Crippen molar-refractivity contribution in [2.75, 3.05) is 7.11 Å². The van der Waals surface area contributed by atoms with Crippen molar-refractivity contribution in [1.29, 1.82) is 0 Å². The molecular formula is C11H15FO2. The standard InChI is InChI=1S/C11H15FO2/c1-8(2)14-7-9-4-5-11(13-3)10(12)6-9/h4-6,8H,7H2,1-3H3. The zero-order valence-corrected chi connectivity index (χ0v) is 8.71. The highest BCUT2D eigenvalue weighted by atomic mass is 19.1. The van der Waals surface area contributed by atoms with E-state index in [0.717, 1.165) is 5.56 Å². The third-order valence-corrected chi connectivity index (χ3v) is 1.80. The molecule has 0 unspecified atom stereocenters. The second-order valence-corrected chi connectivity index (χ2v) is 3.33. The quantitative estimate of drug-likeness (QED) is 0.740. The maximum Gasteiger partial charge on any atom is 0.165 e. The van der Waals surface area contributed by atoms with Gasteiger partial charge in [-0.1, -0.05) is 6.07 Å². The average Bonchev–Trinajstić information content (AvgIpc) is 2.15. The highest BCUT2D eigenvalue weighted by molar-refractivity contribution is 5.28. The van der Waals surface area contributed by atoms with Crippen LogP contribution >= 0.6 is 0 Å². The van der Waals surface area contributed by atoms with Crippen molar-refractivity contribution in [2.24, 2.45) is 0 Å². The summed E-state index contributed by atoms with van der Waals surface area (Å²) in [5.41, 5.74) is 0.817. The van der Waals surface area contributed by atoms with Crippen LogP contribution in [0.15, 0.2) is 18.2 Å². The van der Waals surface area contributed by atoms with E-state index in [1.165, 1.54) is 13.2 Å². The highest BCUT2D eigenvalue weighted by Gasteiger charge is 2.03. The topological polar surface area (TPSA) is 18.5 Å². The molecule has 0 fully saturated rings. The van der Waals surface area contributed by atoms with E-state index in [4.69, 9.17) is 9.47 Å². The number of benzene rings is 1. The monoisotopic (exact) mass is 198 g/mol. The SMILES string of the molecule is COc1ccc(COC(C)C)cc1F. The molecule has 0 N–H and O–H groups in total. The van der Waals surface area contributed by atoms with Gasteiger partial charge in [0, 0.05) is 0 Å². The second kappa shape index (κ2) is 4.96. The van der Waals surface area contributed by atoms with Gasteiger partial charge in [0.05, 0.1) is 19.8 Å². The molecule has 1 aromatic carbocycles. The summed E-state index contributed by atoms with van der Waals surface area (Å²) in [4.78, 5) is 0. The van der Waals surface area contributed by atoms with Gasteiger partial charge in [-0.25, -0.2) is 4.39 Å². The fourth-order valence-electron chi connectivity index (χ4n) is 1.06. The minimum atomic E-state index is -0.350. The van der Waals surface area contributed by atoms with Crippen LogP contribution in [0.4, 0.5) is 4.39 Å². The van der Waals surface area contributed by atoms with Crippen LogP contribution in [0.5, 0.6) is 5.75 Å². The van der Waals surface area contributed by atoms with Crippen LogP contribution in [0, 0.1) is 5.82 Å². The summed E-state index contributed by atoms with van der Waals surface area (Å²) < 4.78 is 23.4. The van der Waals surface area contributed by atoms with Crippen LogP contribution in [0.3, 0.4) is 0 Å². The van der Waals surface area contributed by atoms with E-state index in [1.54, 1.807) is 12.1 Å². The molecule has 0 spiro atoms. The van der Waals surface area contributed by atoms with Crippen LogP contribution in [0.25, 0.3) is 0 Å². The van der Waals surface area contributed by atoms with Gasteiger partial charge >= 0.3 is 0 Å². The first-order chi connectivity index (χ1) is 6.63. The predicted molar refractivity (Wildman–Crippen MR) is 52.9 cm³/mol. The van der Waals surface area contributed by atoms with E-state index >= 15 is 0 Å². The third-order valence-electron chi connectivity index (χ3n) is 1.80. The van der Waals surface area contributed by atoms with Crippen molar-refractivity contribution in [3.05, 3.63) is 29.6 Å².